The zero-order chi connectivity index (χ0) is 16.4. The summed E-state index contributed by atoms with van der Waals surface area (Å²) < 4.78 is 29.2. The predicted octanol–water partition coefficient (Wildman–Crippen LogP) is 2.12. The van der Waals surface area contributed by atoms with E-state index in [4.69, 9.17) is 5.41 Å². The van der Waals surface area contributed by atoms with E-state index >= 15 is 0 Å². The topological polar surface area (TPSA) is 128 Å². The van der Waals surface area contributed by atoms with Crippen molar-refractivity contribution in [3.63, 3.8) is 0 Å². The summed E-state index contributed by atoms with van der Waals surface area (Å²) >= 11 is 0. The molecule has 0 bridgehead atoms. The SMILES string of the molecule is CCCCCCC.CCOS(=O)(=O)OCC.N=C(N)N. The van der Waals surface area contributed by atoms with Crippen LogP contribution < -0.4 is 11.5 Å². The van der Waals surface area contributed by atoms with E-state index in [1.807, 2.05) is 0 Å². The maximum absolute atomic E-state index is 10.4. The molecule has 124 valence electrons. The monoisotopic (exact) mass is 313 g/mol. The molecule has 0 aromatic rings. The van der Waals surface area contributed by atoms with Crippen LogP contribution in [0.2, 0.25) is 0 Å². The maximum atomic E-state index is 10.4. The summed E-state index contributed by atoms with van der Waals surface area (Å²) in [5.41, 5.74) is 8.94. The molecule has 0 atom stereocenters. The van der Waals surface area contributed by atoms with E-state index in [0.29, 0.717) is 0 Å². The third-order valence-electron chi connectivity index (χ3n) is 1.73. The van der Waals surface area contributed by atoms with E-state index in [1.165, 1.54) is 32.1 Å². The van der Waals surface area contributed by atoms with Gasteiger partial charge in [0.1, 0.15) is 0 Å². The normalized spacial score (nSPS) is 9.80. The number of rotatable bonds is 8. The first-order chi connectivity index (χ1) is 9.27. The molecule has 0 spiro atoms. The fourth-order valence-electron chi connectivity index (χ4n) is 0.999. The fraction of sp³-hybridized carbons (Fsp3) is 0.917. The lowest BCUT2D eigenvalue weighted by molar-refractivity contribution is 0.231. The Morgan fingerprint density at radius 2 is 1.20 bits per heavy atom. The molecule has 7 nitrogen and oxygen atoms in total. The van der Waals surface area contributed by atoms with E-state index < -0.39 is 10.4 Å². The van der Waals surface area contributed by atoms with Gasteiger partial charge in [0.2, 0.25) is 0 Å². The highest BCUT2D eigenvalue weighted by atomic mass is 32.3. The zero-order valence-electron chi connectivity index (χ0n) is 13.1. The Kier molecular flexibility index (Phi) is 21.9. The third-order valence-corrected chi connectivity index (χ3v) is 2.78. The largest absolute Gasteiger partial charge is 0.399 e. The highest BCUT2D eigenvalue weighted by Gasteiger charge is 2.06. The molecule has 0 aromatic carbocycles. The molecule has 8 heteroatoms. The highest BCUT2D eigenvalue weighted by Crippen LogP contribution is 2.00. The molecule has 5 N–H and O–H groups in total. The minimum atomic E-state index is -3.68. The van der Waals surface area contributed by atoms with Crippen molar-refractivity contribution in [2.24, 2.45) is 11.5 Å². The minimum Gasteiger partial charge on any atom is -0.370 e. The quantitative estimate of drug-likeness (QED) is 0.357. The van der Waals surface area contributed by atoms with Gasteiger partial charge in [-0.2, -0.15) is 8.42 Å². The molecular formula is C12H31N3O4S. The summed E-state index contributed by atoms with van der Waals surface area (Å²) in [7, 11) is -3.68. The average Bonchev–Trinajstić information content (AvgIpc) is 2.29. The molecule has 0 saturated heterocycles. The second-order valence-electron chi connectivity index (χ2n) is 3.74. The lowest BCUT2D eigenvalue weighted by Gasteiger charge is -1.99. The van der Waals surface area contributed by atoms with Crippen molar-refractivity contribution in [3.8, 4) is 0 Å². The number of guanidine groups is 1. The molecule has 0 radical (unpaired) electrons. The summed E-state index contributed by atoms with van der Waals surface area (Å²) in [6.07, 6.45) is 7.01. The summed E-state index contributed by atoms with van der Waals surface area (Å²) in [6, 6.07) is 0. The van der Waals surface area contributed by atoms with Crippen LogP contribution in [0.15, 0.2) is 0 Å². The highest BCUT2D eigenvalue weighted by molar-refractivity contribution is 7.81. The van der Waals surface area contributed by atoms with Gasteiger partial charge in [-0.3, -0.25) is 5.41 Å². The van der Waals surface area contributed by atoms with Crippen LogP contribution in [0.4, 0.5) is 0 Å². The van der Waals surface area contributed by atoms with Gasteiger partial charge < -0.3 is 11.5 Å². The van der Waals surface area contributed by atoms with Gasteiger partial charge in [-0.15, -0.1) is 0 Å². The molecule has 0 aromatic heterocycles. The van der Waals surface area contributed by atoms with Crippen molar-refractivity contribution in [2.75, 3.05) is 13.2 Å². The summed E-state index contributed by atoms with van der Waals surface area (Å²) in [5, 5.41) is 6.06. The molecule has 0 aliphatic heterocycles. The number of nitrogens with two attached hydrogens (primary N) is 2. The van der Waals surface area contributed by atoms with E-state index in [-0.39, 0.29) is 19.2 Å². The molecule has 0 rings (SSSR count). The number of nitrogens with one attached hydrogen (secondary N) is 1. The van der Waals surface area contributed by atoms with E-state index in [0.717, 1.165) is 0 Å². The van der Waals surface area contributed by atoms with Gasteiger partial charge in [-0.05, 0) is 13.8 Å². The second-order valence-corrected chi connectivity index (χ2v) is 5.03. The van der Waals surface area contributed by atoms with Gasteiger partial charge in [0.15, 0.2) is 5.96 Å². The lowest BCUT2D eigenvalue weighted by atomic mass is 10.2. The van der Waals surface area contributed by atoms with Crippen LogP contribution in [0.1, 0.15) is 59.8 Å². The lowest BCUT2D eigenvalue weighted by Crippen LogP contribution is -2.20. The molecule has 0 fully saturated rings. The second kappa shape index (κ2) is 18.1. The van der Waals surface area contributed by atoms with Gasteiger partial charge in [0.25, 0.3) is 0 Å². The molecular weight excluding hydrogens is 282 g/mol. The summed E-state index contributed by atoms with van der Waals surface area (Å²) in [6.45, 7) is 7.88. The summed E-state index contributed by atoms with van der Waals surface area (Å²) in [5.74, 6) is -0.333. The van der Waals surface area contributed by atoms with Crippen LogP contribution in [0.5, 0.6) is 0 Å². The molecule has 0 unspecified atom stereocenters. The number of hydrogen-bond donors (Lipinski definition) is 3. The van der Waals surface area contributed by atoms with Crippen molar-refractivity contribution in [1.29, 1.82) is 5.41 Å². The first kappa shape index (κ1) is 24.2. The third kappa shape index (κ3) is 36.0. The Bertz CT molecular complexity index is 275. The standard InChI is InChI=1S/C7H16.C4H10O4S.CH5N3/c1-3-5-7-6-4-2;1-3-7-9(5,6)8-4-2;2-1(3)4/h3-7H2,1-2H3;3-4H2,1-2H3;(H5,2,3,4). The van der Waals surface area contributed by atoms with Crippen molar-refractivity contribution in [1.82, 2.24) is 0 Å². The Hall–Kier alpha value is -0.860. The van der Waals surface area contributed by atoms with Gasteiger partial charge in [-0.25, -0.2) is 8.37 Å². The molecule has 0 amide bonds. The van der Waals surface area contributed by atoms with Crippen molar-refractivity contribution >= 4 is 16.4 Å². The molecule has 0 heterocycles. The molecule has 0 saturated carbocycles. The van der Waals surface area contributed by atoms with Gasteiger partial charge in [0, 0.05) is 0 Å². The number of unbranched alkanes of at least 4 members (excludes halogenated alkanes) is 4. The Labute approximate surface area is 123 Å². The van der Waals surface area contributed by atoms with Crippen LogP contribution in [0.25, 0.3) is 0 Å². The first-order valence-electron chi connectivity index (χ1n) is 6.90. The summed E-state index contributed by atoms with van der Waals surface area (Å²) in [4.78, 5) is 0. The maximum Gasteiger partial charge on any atom is 0.399 e. The van der Waals surface area contributed by atoms with Gasteiger partial charge in [0.05, 0.1) is 13.2 Å². The first-order valence-corrected chi connectivity index (χ1v) is 8.23. The van der Waals surface area contributed by atoms with E-state index in [2.05, 4.69) is 33.7 Å². The Morgan fingerprint density at radius 1 is 0.900 bits per heavy atom. The van der Waals surface area contributed by atoms with E-state index in [1.54, 1.807) is 13.8 Å². The number of hydrogen-bond acceptors (Lipinski definition) is 5. The van der Waals surface area contributed by atoms with Gasteiger partial charge in [-0.1, -0.05) is 46.0 Å². The van der Waals surface area contributed by atoms with Crippen LogP contribution in [0, 0.1) is 5.41 Å². The van der Waals surface area contributed by atoms with Crippen LogP contribution in [0.3, 0.4) is 0 Å². The molecule has 0 aliphatic rings. The average molecular weight is 313 g/mol. The Morgan fingerprint density at radius 3 is 1.40 bits per heavy atom. The molecule has 20 heavy (non-hydrogen) atoms. The van der Waals surface area contributed by atoms with Gasteiger partial charge >= 0.3 is 10.4 Å². The van der Waals surface area contributed by atoms with Crippen molar-refractivity contribution in [2.45, 2.75) is 59.8 Å². The van der Waals surface area contributed by atoms with Crippen molar-refractivity contribution in [3.05, 3.63) is 0 Å². The van der Waals surface area contributed by atoms with Crippen LogP contribution in [-0.2, 0) is 18.8 Å². The fourth-order valence-corrected chi connectivity index (χ4v) is 1.64. The van der Waals surface area contributed by atoms with Crippen LogP contribution >= 0.6 is 0 Å². The van der Waals surface area contributed by atoms with E-state index in [9.17, 15) is 8.42 Å². The van der Waals surface area contributed by atoms with Crippen LogP contribution in [-0.4, -0.2) is 27.6 Å². The smallest absolute Gasteiger partial charge is 0.370 e. The molecule has 0 aliphatic carbocycles. The van der Waals surface area contributed by atoms with Crippen molar-refractivity contribution < 1.29 is 16.8 Å². The predicted molar refractivity (Wildman–Crippen MR) is 82.7 cm³/mol. The Balaban J connectivity index is -0.000000234. The zero-order valence-corrected chi connectivity index (χ0v) is 14.0. The minimum absolute atomic E-state index is 0.113.